The predicted octanol–water partition coefficient (Wildman–Crippen LogP) is 4.05. The lowest BCUT2D eigenvalue weighted by molar-refractivity contribution is -0.141. The van der Waals surface area contributed by atoms with Crippen molar-refractivity contribution in [1.29, 1.82) is 0 Å². The van der Waals surface area contributed by atoms with Crippen LogP contribution in [0.3, 0.4) is 0 Å². The van der Waals surface area contributed by atoms with E-state index in [2.05, 4.69) is 26.0 Å². The van der Waals surface area contributed by atoms with Gasteiger partial charge in [0.2, 0.25) is 0 Å². The first-order valence-electron chi connectivity index (χ1n) is 6.06. The number of carbonyl (C=O) groups is 1. The second-order valence-electron chi connectivity index (χ2n) is 4.25. The van der Waals surface area contributed by atoms with E-state index in [4.69, 9.17) is 0 Å². The highest BCUT2D eigenvalue weighted by atomic mass is 79.9. The van der Waals surface area contributed by atoms with E-state index in [1.807, 2.05) is 0 Å². The summed E-state index contributed by atoms with van der Waals surface area (Å²) in [6.45, 7) is 0. The van der Waals surface area contributed by atoms with E-state index >= 15 is 0 Å². The van der Waals surface area contributed by atoms with Gasteiger partial charge in [-0.2, -0.15) is 0 Å². The Morgan fingerprint density at radius 3 is 2.57 bits per heavy atom. The number of rotatable bonds is 4. The van der Waals surface area contributed by atoms with Gasteiger partial charge in [-0.25, -0.2) is 13.6 Å². The van der Waals surface area contributed by atoms with E-state index in [1.165, 1.54) is 43.5 Å². The Bertz CT molecular complexity index is 664. The zero-order valence-electron chi connectivity index (χ0n) is 11.1. The van der Waals surface area contributed by atoms with Crippen LogP contribution in [0.5, 0.6) is 0 Å². The Morgan fingerprint density at radius 1 is 1.19 bits per heavy atom. The molecule has 2 aromatic carbocycles. The van der Waals surface area contributed by atoms with Gasteiger partial charge in [0.15, 0.2) is 6.04 Å². The van der Waals surface area contributed by atoms with Crippen LogP contribution in [0.1, 0.15) is 11.6 Å². The summed E-state index contributed by atoms with van der Waals surface area (Å²) in [4.78, 5) is 11.9. The highest BCUT2D eigenvalue weighted by Gasteiger charge is 2.25. The minimum absolute atomic E-state index is 0.0690. The Morgan fingerprint density at radius 2 is 1.90 bits per heavy atom. The van der Waals surface area contributed by atoms with Crippen LogP contribution in [-0.2, 0) is 9.53 Å². The number of halogens is 3. The fourth-order valence-corrected chi connectivity index (χ4v) is 2.23. The normalized spacial score (nSPS) is 11.8. The molecule has 1 unspecified atom stereocenters. The number of carbonyl (C=O) groups excluding carboxylic acids is 1. The average Bonchev–Trinajstić information content (AvgIpc) is 2.48. The first-order chi connectivity index (χ1) is 10.0. The third-order valence-electron chi connectivity index (χ3n) is 2.88. The van der Waals surface area contributed by atoms with E-state index in [1.54, 1.807) is 6.07 Å². The van der Waals surface area contributed by atoms with Gasteiger partial charge in [0, 0.05) is 10.0 Å². The molecule has 1 N–H and O–H groups in total. The van der Waals surface area contributed by atoms with Crippen LogP contribution < -0.4 is 5.32 Å². The lowest BCUT2D eigenvalue weighted by Crippen LogP contribution is -2.24. The van der Waals surface area contributed by atoms with Crippen molar-refractivity contribution in [3.63, 3.8) is 0 Å². The molecule has 6 heteroatoms. The number of benzene rings is 2. The van der Waals surface area contributed by atoms with Crippen molar-refractivity contribution >= 4 is 27.6 Å². The van der Waals surface area contributed by atoms with Gasteiger partial charge < -0.3 is 10.1 Å². The first kappa shape index (κ1) is 15.4. The van der Waals surface area contributed by atoms with E-state index in [9.17, 15) is 13.6 Å². The molecule has 21 heavy (non-hydrogen) atoms. The van der Waals surface area contributed by atoms with E-state index < -0.39 is 23.6 Å². The van der Waals surface area contributed by atoms with E-state index in [0.717, 1.165) is 0 Å². The summed E-state index contributed by atoms with van der Waals surface area (Å²) in [5.74, 6) is -1.84. The molecule has 3 nitrogen and oxygen atoms in total. The van der Waals surface area contributed by atoms with E-state index in [0.29, 0.717) is 4.47 Å². The summed E-state index contributed by atoms with van der Waals surface area (Å²) in [7, 11) is 1.19. The summed E-state index contributed by atoms with van der Waals surface area (Å²) in [6.07, 6.45) is 0. The fraction of sp³-hybridized carbons (Fsp3) is 0.133. The maximum atomic E-state index is 14.0. The number of esters is 1. The molecule has 0 saturated heterocycles. The quantitative estimate of drug-likeness (QED) is 0.840. The van der Waals surface area contributed by atoms with Gasteiger partial charge in [0.1, 0.15) is 11.6 Å². The molecule has 0 radical (unpaired) electrons. The van der Waals surface area contributed by atoms with E-state index in [-0.39, 0.29) is 11.3 Å². The van der Waals surface area contributed by atoms with Crippen molar-refractivity contribution in [3.8, 4) is 0 Å². The van der Waals surface area contributed by atoms with Crippen LogP contribution in [-0.4, -0.2) is 13.1 Å². The second kappa shape index (κ2) is 6.67. The van der Waals surface area contributed by atoms with Crippen molar-refractivity contribution < 1.29 is 18.3 Å². The van der Waals surface area contributed by atoms with Crippen LogP contribution in [0, 0.1) is 11.6 Å². The Balaban J connectivity index is 2.42. The third-order valence-corrected chi connectivity index (χ3v) is 3.37. The molecule has 1 atom stereocenters. The van der Waals surface area contributed by atoms with Crippen LogP contribution >= 0.6 is 15.9 Å². The highest BCUT2D eigenvalue weighted by Crippen LogP contribution is 2.27. The molecule has 0 bridgehead atoms. The minimum atomic E-state index is -1.15. The zero-order valence-corrected chi connectivity index (χ0v) is 12.7. The van der Waals surface area contributed by atoms with Gasteiger partial charge in [-0.1, -0.05) is 28.1 Å². The summed E-state index contributed by atoms with van der Waals surface area (Å²) < 4.78 is 32.9. The monoisotopic (exact) mass is 355 g/mol. The molecular formula is C15H12BrF2NO2. The Kier molecular flexibility index (Phi) is 4.90. The average molecular weight is 356 g/mol. The summed E-state index contributed by atoms with van der Waals surface area (Å²) in [5.41, 5.74) is 0.159. The van der Waals surface area contributed by atoms with Crippen LogP contribution in [0.4, 0.5) is 14.5 Å². The van der Waals surface area contributed by atoms with Crippen molar-refractivity contribution in [3.05, 3.63) is 64.1 Å². The van der Waals surface area contributed by atoms with Gasteiger partial charge >= 0.3 is 5.97 Å². The van der Waals surface area contributed by atoms with Crippen molar-refractivity contribution in [2.45, 2.75) is 6.04 Å². The van der Waals surface area contributed by atoms with Gasteiger partial charge in [-0.15, -0.1) is 0 Å². The first-order valence-corrected chi connectivity index (χ1v) is 6.86. The molecular weight excluding hydrogens is 344 g/mol. The molecule has 0 aliphatic carbocycles. The van der Waals surface area contributed by atoms with Crippen molar-refractivity contribution in [2.75, 3.05) is 12.4 Å². The number of methoxy groups -OCH3 is 1. The Labute approximate surface area is 129 Å². The molecule has 110 valence electrons. The van der Waals surface area contributed by atoms with Crippen molar-refractivity contribution in [1.82, 2.24) is 0 Å². The SMILES string of the molecule is COC(=O)C(Nc1ccccc1F)c1cc(Br)ccc1F. The standard InChI is InChI=1S/C15H12BrF2NO2/c1-21-15(20)14(10-8-9(16)6-7-11(10)17)19-13-5-3-2-4-12(13)18/h2-8,14,19H,1H3. The number of hydrogen-bond donors (Lipinski definition) is 1. The molecule has 0 aliphatic heterocycles. The largest absolute Gasteiger partial charge is 0.467 e. The van der Waals surface area contributed by atoms with Crippen molar-refractivity contribution in [2.24, 2.45) is 0 Å². The zero-order chi connectivity index (χ0) is 15.4. The third kappa shape index (κ3) is 3.58. The minimum Gasteiger partial charge on any atom is -0.467 e. The lowest BCUT2D eigenvalue weighted by atomic mass is 10.1. The molecule has 0 heterocycles. The Hall–Kier alpha value is -1.95. The molecule has 0 amide bonds. The molecule has 2 rings (SSSR count). The maximum absolute atomic E-state index is 14.0. The molecule has 0 spiro atoms. The van der Waals surface area contributed by atoms with Gasteiger partial charge in [-0.3, -0.25) is 0 Å². The number of para-hydroxylation sites is 1. The number of anilines is 1. The summed E-state index contributed by atoms with van der Waals surface area (Å²) in [6, 6.07) is 8.86. The van der Waals surface area contributed by atoms with Gasteiger partial charge in [-0.05, 0) is 30.3 Å². The molecule has 0 aliphatic rings. The highest BCUT2D eigenvalue weighted by molar-refractivity contribution is 9.10. The lowest BCUT2D eigenvalue weighted by Gasteiger charge is -2.19. The molecule has 2 aromatic rings. The number of ether oxygens (including phenoxy) is 1. The predicted molar refractivity (Wildman–Crippen MR) is 78.9 cm³/mol. The smallest absolute Gasteiger partial charge is 0.333 e. The van der Waals surface area contributed by atoms with Crippen LogP contribution in [0.15, 0.2) is 46.9 Å². The topological polar surface area (TPSA) is 38.3 Å². The maximum Gasteiger partial charge on any atom is 0.333 e. The number of hydrogen-bond acceptors (Lipinski definition) is 3. The van der Waals surface area contributed by atoms with Gasteiger partial charge in [0.25, 0.3) is 0 Å². The molecule has 0 fully saturated rings. The fourth-order valence-electron chi connectivity index (χ4n) is 1.85. The summed E-state index contributed by atoms with van der Waals surface area (Å²) >= 11 is 3.21. The van der Waals surface area contributed by atoms with Crippen LogP contribution in [0.25, 0.3) is 0 Å². The number of nitrogens with one attached hydrogen (secondary N) is 1. The second-order valence-corrected chi connectivity index (χ2v) is 5.16. The van der Waals surface area contributed by atoms with Gasteiger partial charge in [0.05, 0.1) is 12.8 Å². The van der Waals surface area contributed by atoms with Crippen LogP contribution in [0.2, 0.25) is 0 Å². The molecule has 0 saturated carbocycles. The molecule has 0 aromatic heterocycles. The summed E-state index contributed by atoms with van der Waals surface area (Å²) in [5, 5.41) is 2.67.